The van der Waals surface area contributed by atoms with Gasteiger partial charge in [0.05, 0.1) is 0 Å². The molecule has 1 fully saturated rings. The van der Waals surface area contributed by atoms with Crippen LogP contribution in [0, 0.1) is 0 Å². The Balaban J connectivity index is 0.00000144. The van der Waals surface area contributed by atoms with Gasteiger partial charge in [-0.1, -0.05) is 6.92 Å². The van der Waals surface area contributed by atoms with Crippen LogP contribution in [0.2, 0.25) is 0 Å². The quantitative estimate of drug-likeness (QED) is 0.636. The van der Waals surface area contributed by atoms with Gasteiger partial charge in [-0.05, 0) is 30.8 Å². The Morgan fingerprint density at radius 2 is 1.76 bits per heavy atom. The lowest BCUT2D eigenvalue weighted by Crippen LogP contribution is -2.39. The standard InChI is InChI=1S/C12H20N2OP.ClH/c1-2-14-7-9-16(15,10-8-14)12-5-3-11(13)4-6-12;/h3-6,15H,2,7-10,13H2,1H3;1H/q+1;. The number of nitrogens with zero attached hydrogens (tertiary/aromatic N) is 1. The smallest absolute Gasteiger partial charge is 0.176 e. The molecule has 2 rings (SSSR count). The number of nitrogens with two attached hydrogens (primary N) is 1. The minimum absolute atomic E-state index is 0. The summed E-state index contributed by atoms with van der Waals surface area (Å²) in [6.07, 6.45) is 1.84. The summed E-state index contributed by atoms with van der Waals surface area (Å²) in [5.74, 6) is 0. The van der Waals surface area contributed by atoms with Crippen molar-refractivity contribution in [2.75, 3.05) is 37.7 Å². The molecule has 17 heavy (non-hydrogen) atoms. The van der Waals surface area contributed by atoms with Crippen LogP contribution in [0.3, 0.4) is 0 Å². The Bertz CT molecular complexity index is 350. The summed E-state index contributed by atoms with van der Waals surface area (Å²) >= 11 is 0. The van der Waals surface area contributed by atoms with Crippen molar-refractivity contribution in [2.24, 2.45) is 0 Å². The predicted octanol–water partition coefficient (Wildman–Crippen LogP) is 1.58. The van der Waals surface area contributed by atoms with Crippen molar-refractivity contribution >= 4 is 30.9 Å². The lowest BCUT2D eigenvalue weighted by Gasteiger charge is -2.31. The molecule has 3 N–H and O–H groups in total. The highest BCUT2D eigenvalue weighted by Gasteiger charge is 2.41. The molecule has 1 aromatic rings. The van der Waals surface area contributed by atoms with E-state index in [0.717, 1.165) is 43.0 Å². The van der Waals surface area contributed by atoms with Crippen LogP contribution >= 0.6 is 19.9 Å². The molecule has 0 radical (unpaired) electrons. The third kappa shape index (κ3) is 3.32. The average Bonchev–Trinajstić information content (AvgIpc) is 2.31. The summed E-state index contributed by atoms with van der Waals surface area (Å²) in [5.41, 5.74) is 6.43. The summed E-state index contributed by atoms with van der Waals surface area (Å²) < 4.78 is 0. The lowest BCUT2D eigenvalue weighted by molar-refractivity contribution is 0.308. The van der Waals surface area contributed by atoms with Crippen molar-refractivity contribution in [2.45, 2.75) is 6.92 Å². The molecule has 96 valence electrons. The fourth-order valence-electron chi connectivity index (χ4n) is 2.16. The van der Waals surface area contributed by atoms with E-state index in [9.17, 15) is 4.89 Å². The minimum atomic E-state index is -1.88. The molecule has 0 unspecified atom stereocenters. The number of hydrogen-bond acceptors (Lipinski definition) is 3. The van der Waals surface area contributed by atoms with Crippen molar-refractivity contribution in [3.63, 3.8) is 0 Å². The first-order valence-corrected chi connectivity index (χ1v) is 7.93. The summed E-state index contributed by atoms with van der Waals surface area (Å²) in [5, 5.41) is 1.11. The molecule has 0 aromatic heterocycles. The molecule has 0 amide bonds. The summed E-state index contributed by atoms with van der Waals surface area (Å²) in [6.45, 7) is 5.30. The van der Waals surface area contributed by atoms with Gasteiger partial charge in [0.2, 0.25) is 0 Å². The highest BCUT2D eigenvalue weighted by molar-refractivity contribution is 7.77. The molecule has 3 nitrogen and oxygen atoms in total. The van der Waals surface area contributed by atoms with E-state index < -0.39 is 7.49 Å². The van der Waals surface area contributed by atoms with E-state index in [-0.39, 0.29) is 12.4 Å². The van der Waals surface area contributed by atoms with Gasteiger partial charge in [0.15, 0.2) is 7.49 Å². The van der Waals surface area contributed by atoms with Gasteiger partial charge in [0.25, 0.3) is 0 Å². The summed E-state index contributed by atoms with van der Waals surface area (Å²) in [7, 11) is -1.88. The van der Waals surface area contributed by atoms with E-state index in [1.54, 1.807) is 0 Å². The number of rotatable bonds is 2. The van der Waals surface area contributed by atoms with Crippen LogP contribution in [-0.4, -0.2) is 41.8 Å². The Labute approximate surface area is 110 Å². The predicted molar refractivity (Wildman–Crippen MR) is 78.7 cm³/mol. The average molecular weight is 276 g/mol. The Kier molecular flexibility index (Phi) is 5.21. The maximum atomic E-state index is 10.7. The van der Waals surface area contributed by atoms with E-state index in [2.05, 4.69) is 11.8 Å². The molecule has 5 heteroatoms. The first-order valence-electron chi connectivity index (χ1n) is 5.82. The SMILES string of the molecule is CCN1CC[P+](O)(c2ccc(N)cc2)CC1.Cl. The fraction of sp³-hybridized carbons (Fsp3) is 0.500. The molecule has 0 saturated carbocycles. The largest absolute Gasteiger partial charge is 0.399 e. The molecule has 0 spiro atoms. The zero-order valence-corrected chi connectivity index (χ0v) is 11.9. The minimum Gasteiger partial charge on any atom is -0.399 e. The highest BCUT2D eigenvalue weighted by atomic mass is 35.5. The van der Waals surface area contributed by atoms with Crippen LogP contribution in [0.4, 0.5) is 5.69 Å². The van der Waals surface area contributed by atoms with Crippen LogP contribution in [0.5, 0.6) is 0 Å². The Morgan fingerprint density at radius 1 is 1.24 bits per heavy atom. The van der Waals surface area contributed by atoms with Crippen LogP contribution in [-0.2, 0) is 0 Å². The number of benzene rings is 1. The van der Waals surface area contributed by atoms with E-state index in [1.807, 2.05) is 24.3 Å². The summed E-state index contributed by atoms with van der Waals surface area (Å²) in [4.78, 5) is 13.1. The van der Waals surface area contributed by atoms with Gasteiger partial charge in [-0.3, -0.25) is 4.90 Å². The highest BCUT2D eigenvalue weighted by Crippen LogP contribution is 2.54. The summed E-state index contributed by atoms with van der Waals surface area (Å²) in [6, 6.07) is 7.76. The van der Waals surface area contributed by atoms with E-state index in [1.165, 1.54) is 0 Å². The second-order valence-corrected chi connectivity index (χ2v) is 7.65. The van der Waals surface area contributed by atoms with Crippen molar-refractivity contribution < 1.29 is 4.89 Å². The van der Waals surface area contributed by atoms with E-state index in [4.69, 9.17) is 5.73 Å². The molecule has 0 aliphatic carbocycles. The van der Waals surface area contributed by atoms with Crippen molar-refractivity contribution in [1.82, 2.24) is 4.90 Å². The van der Waals surface area contributed by atoms with Gasteiger partial charge in [-0.2, -0.15) is 0 Å². The Hall–Kier alpha value is -0.340. The molecule has 1 aliphatic rings. The van der Waals surface area contributed by atoms with Crippen LogP contribution in [0.1, 0.15) is 6.92 Å². The van der Waals surface area contributed by atoms with E-state index in [0.29, 0.717) is 0 Å². The molecule has 0 atom stereocenters. The van der Waals surface area contributed by atoms with E-state index >= 15 is 0 Å². The first-order chi connectivity index (χ1) is 7.64. The topological polar surface area (TPSA) is 49.5 Å². The van der Waals surface area contributed by atoms with Gasteiger partial charge in [0, 0.05) is 18.8 Å². The van der Waals surface area contributed by atoms with Gasteiger partial charge in [-0.25, -0.2) is 4.89 Å². The number of halogens is 1. The number of anilines is 1. The van der Waals surface area contributed by atoms with Crippen LogP contribution < -0.4 is 11.0 Å². The maximum absolute atomic E-state index is 10.7. The number of nitrogen functional groups attached to an aromatic ring is 1. The van der Waals surface area contributed by atoms with Crippen molar-refractivity contribution in [1.29, 1.82) is 0 Å². The van der Waals surface area contributed by atoms with Crippen LogP contribution in [0.15, 0.2) is 24.3 Å². The zero-order chi connectivity index (χ0) is 11.6. The molecular weight excluding hydrogens is 255 g/mol. The third-order valence-corrected chi connectivity index (χ3v) is 6.53. The molecule has 1 aliphatic heterocycles. The molecule has 1 aromatic carbocycles. The normalized spacial score (nSPS) is 19.6. The molecule has 1 heterocycles. The molecule has 0 bridgehead atoms. The Morgan fingerprint density at radius 3 is 2.24 bits per heavy atom. The molecule has 1 saturated heterocycles. The van der Waals surface area contributed by atoms with Gasteiger partial charge in [-0.15, -0.1) is 12.4 Å². The van der Waals surface area contributed by atoms with Crippen LogP contribution in [0.25, 0.3) is 0 Å². The third-order valence-electron chi connectivity index (χ3n) is 3.39. The first kappa shape index (κ1) is 14.7. The van der Waals surface area contributed by atoms with Crippen molar-refractivity contribution in [3.05, 3.63) is 24.3 Å². The van der Waals surface area contributed by atoms with Gasteiger partial charge in [0.1, 0.15) is 17.6 Å². The maximum Gasteiger partial charge on any atom is 0.176 e. The monoisotopic (exact) mass is 275 g/mol. The van der Waals surface area contributed by atoms with Crippen molar-refractivity contribution in [3.8, 4) is 0 Å². The lowest BCUT2D eigenvalue weighted by atomic mass is 10.3. The fourth-order valence-corrected chi connectivity index (χ4v) is 4.84. The van der Waals surface area contributed by atoms with Gasteiger partial charge < -0.3 is 5.73 Å². The molecular formula is C12H21ClN2OP+. The van der Waals surface area contributed by atoms with Gasteiger partial charge >= 0.3 is 0 Å². The second kappa shape index (κ2) is 6.01. The second-order valence-electron chi connectivity index (χ2n) is 4.40. The number of hydrogen-bond donors (Lipinski definition) is 2. The zero-order valence-electron chi connectivity index (χ0n) is 10.2.